The highest BCUT2D eigenvalue weighted by Gasteiger charge is 1.92. The number of fused-ring (bicyclic) bond motifs is 1. The highest BCUT2D eigenvalue weighted by Crippen LogP contribution is 2.08. The number of benzene rings is 1. The topological polar surface area (TPSA) is 70.7 Å². The molecule has 0 amide bonds. The SMILES string of the molecule is O=c1ccc2ccccc2o1.OBO. The first kappa shape index (κ1) is 10.5. The van der Waals surface area contributed by atoms with Crippen LogP contribution in [0.2, 0.25) is 0 Å². The zero-order valence-corrected chi connectivity index (χ0v) is 7.38. The van der Waals surface area contributed by atoms with E-state index in [0.717, 1.165) is 5.39 Å². The lowest BCUT2D eigenvalue weighted by molar-refractivity contribution is 0.448. The summed E-state index contributed by atoms with van der Waals surface area (Å²) in [6, 6.07) is 10.6. The van der Waals surface area contributed by atoms with Crippen molar-refractivity contribution in [2.45, 2.75) is 0 Å². The van der Waals surface area contributed by atoms with Gasteiger partial charge in [-0.3, -0.25) is 0 Å². The van der Waals surface area contributed by atoms with E-state index in [4.69, 9.17) is 14.5 Å². The lowest BCUT2D eigenvalue weighted by atomic mass is 10.2. The molecule has 0 unspecified atom stereocenters. The van der Waals surface area contributed by atoms with Crippen LogP contribution in [0.1, 0.15) is 0 Å². The van der Waals surface area contributed by atoms with Gasteiger partial charge >= 0.3 is 13.3 Å². The maximum Gasteiger partial charge on any atom is 0.432 e. The second kappa shape index (κ2) is 5.21. The van der Waals surface area contributed by atoms with E-state index < -0.39 is 7.69 Å². The molecule has 5 heteroatoms. The molecule has 2 N–H and O–H groups in total. The first-order valence-corrected chi connectivity index (χ1v) is 3.98. The summed E-state index contributed by atoms with van der Waals surface area (Å²) < 4.78 is 4.91. The van der Waals surface area contributed by atoms with Crippen LogP contribution in [0, 0.1) is 0 Å². The summed E-state index contributed by atoms with van der Waals surface area (Å²) in [6.07, 6.45) is 0. The molecule has 1 aromatic heterocycles. The quantitative estimate of drug-likeness (QED) is 0.456. The molecule has 0 aliphatic carbocycles. The van der Waals surface area contributed by atoms with Crippen LogP contribution in [0.3, 0.4) is 0 Å². The third-order valence-corrected chi connectivity index (χ3v) is 1.53. The van der Waals surface area contributed by atoms with Crippen molar-refractivity contribution in [1.29, 1.82) is 0 Å². The zero-order chi connectivity index (χ0) is 10.4. The lowest BCUT2D eigenvalue weighted by Crippen LogP contribution is -1.93. The minimum atomic E-state index is -0.750. The van der Waals surface area contributed by atoms with Crippen molar-refractivity contribution in [3.05, 3.63) is 46.8 Å². The first-order valence-electron chi connectivity index (χ1n) is 3.98. The van der Waals surface area contributed by atoms with Crippen molar-refractivity contribution < 1.29 is 14.5 Å². The standard InChI is InChI=1S/C9H6O2.BH3O2/c10-9-6-5-7-3-1-2-4-8(7)11-9;2-1-3/h1-6H;1-3H. The van der Waals surface area contributed by atoms with Crippen LogP contribution in [0.25, 0.3) is 11.0 Å². The van der Waals surface area contributed by atoms with E-state index in [1.807, 2.05) is 18.2 Å². The molecule has 0 radical (unpaired) electrons. The molecule has 0 saturated heterocycles. The summed E-state index contributed by atoms with van der Waals surface area (Å²) in [7, 11) is -0.750. The fraction of sp³-hybridized carbons (Fsp3) is 0. The molecule has 1 aromatic carbocycles. The molecule has 0 aliphatic rings. The Morgan fingerprint density at radius 3 is 2.43 bits per heavy atom. The van der Waals surface area contributed by atoms with Crippen LogP contribution in [-0.2, 0) is 0 Å². The van der Waals surface area contributed by atoms with Crippen molar-refractivity contribution in [2.24, 2.45) is 0 Å². The monoisotopic (exact) mass is 192 g/mol. The molecule has 14 heavy (non-hydrogen) atoms. The van der Waals surface area contributed by atoms with Gasteiger partial charge < -0.3 is 14.5 Å². The van der Waals surface area contributed by atoms with Gasteiger partial charge in [-0.15, -0.1) is 0 Å². The van der Waals surface area contributed by atoms with Crippen molar-refractivity contribution in [3.8, 4) is 0 Å². The smallest absolute Gasteiger partial charge is 0.430 e. The van der Waals surface area contributed by atoms with Crippen LogP contribution < -0.4 is 5.63 Å². The van der Waals surface area contributed by atoms with Gasteiger partial charge in [0.1, 0.15) is 5.58 Å². The van der Waals surface area contributed by atoms with Gasteiger partial charge in [-0.05, 0) is 12.1 Å². The molecule has 0 aliphatic heterocycles. The first-order chi connectivity index (χ1) is 6.77. The van der Waals surface area contributed by atoms with Gasteiger partial charge in [0.05, 0.1) is 0 Å². The second-order valence-corrected chi connectivity index (χ2v) is 2.43. The summed E-state index contributed by atoms with van der Waals surface area (Å²) in [5, 5.41) is 15.2. The van der Waals surface area contributed by atoms with Gasteiger partial charge in [-0.1, -0.05) is 18.2 Å². The largest absolute Gasteiger partial charge is 0.432 e. The summed E-state index contributed by atoms with van der Waals surface area (Å²) in [5.74, 6) is 0. The van der Waals surface area contributed by atoms with Crippen LogP contribution >= 0.6 is 0 Å². The molecule has 2 rings (SSSR count). The molecule has 0 atom stereocenters. The highest BCUT2D eigenvalue weighted by molar-refractivity contribution is 6.13. The van der Waals surface area contributed by atoms with Gasteiger partial charge in [0.15, 0.2) is 0 Å². The average molecular weight is 192 g/mol. The molecule has 1 heterocycles. The Labute approximate surface area is 80.7 Å². The van der Waals surface area contributed by atoms with Gasteiger partial charge in [-0.25, -0.2) is 4.79 Å². The van der Waals surface area contributed by atoms with E-state index in [-0.39, 0.29) is 5.63 Å². The van der Waals surface area contributed by atoms with Gasteiger partial charge in [0, 0.05) is 11.5 Å². The van der Waals surface area contributed by atoms with E-state index >= 15 is 0 Å². The van der Waals surface area contributed by atoms with Crippen molar-refractivity contribution in [1.82, 2.24) is 0 Å². The molecule has 2 aromatic rings. The van der Waals surface area contributed by atoms with Crippen LogP contribution in [0.5, 0.6) is 0 Å². The molecule has 0 saturated carbocycles. The zero-order valence-electron chi connectivity index (χ0n) is 7.38. The Morgan fingerprint density at radius 1 is 1.07 bits per heavy atom. The maximum atomic E-state index is 10.7. The Morgan fingerprint density at radius 2 is 1.71 bits per heavy atom. The minimum absolute atomic E-state index is 0.302. The minimum Gasteiger partial charge on any atom is -0.430 e. The predicted molar refractivity (Wildman–Crippen MR) is 54.1 cm³/mol. The maximum absolute atomic E-state index is 10.7. The van der Waals surface area contributed by atoms with Crippen LogP contribution in [0.4, 0.5) is 0 Å². The Hall–Kier alpha value is -1.59. The normalized spacial score (nSPS) is 9.00. The third kappa shape index (κ3) is 2.72. The van der Waals surface area contributed by atoms with Gasteiger partial charge in [0.25, 0.3) is 0 Å². The van der Waals surface area contributed by atoms with Crippen molar-refractivity contribution >= 4 is 18.7 Å². The molecule has 4 nitrogen and oxygen atoms in total. The Bertz CT molecular complexity index is 452. The van der Waals surface area contributed by atoms with E-state index in [1.54, 1.807) is 12.1 Å². The van der Waals surface area contributed by atoms with Crippen molar-refractivity contribution in [2.75, 3.05) is 0 Å². The Balaban J connectivity index is 0.000000293. The highest BCUT2D eigenvalue weighted by atomic mass is 16.4. The summed E-state index contributed by atoms with van der Waals surface area (Å²) >= 11 is 0. The molecular formula is C9H9BO4. The van der Waals surface area contributed by atoms with Gasteiger partial charge in [-0.2, -0.15) is 0 Å². The number of rotatable bonds is 0. The van der Waals surface area contributed by atoms with E-state index in [9.17, 15) is 4.79 Å². The summed E-state index contributed by atoms with van der Waals surface area (Å²) in [4.78, 5) is 10.7. The lowest BCUT2D eigenvalue weighted by Gasteiger charge is -1.91. The molecular weight excluding hydrogens is 183 g/mol. The number of hydrogen-bond donors (Lipinski definition) is 2. The summed E-state index contributed by atoms with van der Waals surface area (Å²) in [6.45, 7) is 0. The number of para-hydroxylation sites is 1. The number of hydrogen-bond acceptors (Lipinski definition) is 4. The fourth-order valence-electron chi connectivity index (χ4n) is 1.01. The van der Waals surface area contributed by atoms with Crippen LogP contribution in [0.15, 0.2) is 45.6 Å². The van der Waals surface area contributed by atoms with E-state index in [2.05, 4.69) is 0 Å². The van der Waals surface area contributed by atoms with Gasteiger partial charge in [0.2, 0.25) is 0 Å². The van der Waals surface area contributed by atoms with Crippen LogP contribution in [-0.4, -0.2) is 17.7 Å². The van der Waals surface area contributed by atoms with E-state index in [1.165, 1.54) is 6.07 Å². The third-order valence-electron chi connectivity index (χ3n) is 1.53. The molecule has 0 spiro atoms. The summed E-state index contributed by atoms with van der Waals surface area (Å²) in [5.41, 5.74) is 0.337. The van der Waals surface area contributed by atoms with E-state index in [0.29, 0.717) is 5.58 Å². The molecule has 0 bridgehead atoms. The fourth-order valence-corrected chi connectivity index (χ4v) is 1.01. The Kier molecular flexibility index (Phi) is 3.91. The molecule has 0 fully saturated rings. The predicted octanol–water partition coefficient (Wildman–Crippen LogP) is 0.0305. The van der Waals surface area contributed by atoms with Crippen molar-refractivity contribution in [3.63, 3.8) is 0 Å². The molecule has 72 valence electrons. The average Bonchev–Trinajstić information content (AvgIpc) is 2.19. The second-order valence-electron chi connectivity index (χ2n) is 2.43.